The van der Waals surface area contributed by atoms with Crippen molar-refractivity contribution in [2.75, 3.05) is 13.1 Å². The van der Waals surface area contributed by atoms with Gasteiger partial charge >= 0.3 is 0 Å². The average molecular weight is 324 g/mol. The van der Waals surface area contributed by atoms with Gasteiger partial charge in [0.1, 0.15) is 31.1 Å². The molecule has 23 heavy (non-hydrogen) atoms. The second kappa shape index (κ2) is 7.52. The quantitative estimate of drug-likeness (QED) is 0.667. The summed E-state index contributed by atoms with van der Waals surface area (Å²) in [6.45, 7) is 7.27. The van der Waals surface area contributed by atoms with E-state index in [1.54, 1.807) is 0 Å². The number of carbonyl (C=O) groups is 2. The van der Waals surface area contributed by atoms with Gasteiger partial charge in [-0.15, -0.1) is 0 Å². The molecule has 1 saturated heterocycles. The third-order valence-corrected chi connectivity index (χ3v) is 3.98. The van der Waals surface area contributed by atoms with Crippen molar-refractivity contribution in [2.24, 2.45) is 0 Å². The molecule has 0 bridgehead atoms. The van der Waals surface area contributed by atoms with E-state index in [0.29, 0.717) is 0 Å². The maximum Gasteiger partial charge on any atom is 0.296 e. The number of benzene rings is 1. The minimum absolute atomic E-state index is 0.0952. The van der Waals surface area contributed by atoms with Crippen molar-refractivity contribution in [3.05, 3.63) is 35.6 Å². The largest absolute Gasteiger partial charge is 0.364 e. The number of amides is 2. The maximum absolute atomic E-state index is 12.8. The van der Waals surface area contributed by atoms with Gasteiger partial charge in [-0.3, -0.25) is 20.4 Å². The van der Waals surface area contributed by atoms with Crippen LogP contribution in [0.4, 0.5) is 4.39 Å². The van der Waals surface area contributed by atoms with Crippen LogP contribution in [0, 0.1) is 5.82 Å². The van der Waals surface area contributed by atoms with E-state index >= 15 is 0 Å². The van der Waals surface area contributed by atoms with E-state index in [2.05, 4.69) is 10.9 Å². The van der Waals surface area contributed by atoms with Gasteiger partial charge in [0.15, 0.2) is 6.04 Å². The Balaban J connectivity index is 1.86. The first-order valence-corrected chi connectivity index (χ1v) is 7.72. The van der Waals surface area contributed by atoms with Crippen LogP contribution in [-0.4, -0.2) is 43.2 Å². The van der Waals surface area contributed by atoms with Crippen LogP contribution in [0.2, 0.25) is 0 Å². The van der Waals surface area contributed by atoms with E-state index in [1.165, 1.54) is 24.3 Å². The third kappa shape index (κ3) is 4.74. The number of quaternary nitrogens is 1. The number of ether oxygens (including phenoxy) is 1. The highest BCUT2D eigenvalue weighted by Crippen LogP contribution is 2.02. The number of hydrogen-bond acceptors (Lipinski definition) is 3. The van der Waals surface area contributed by atoms with Crippen LogP contribution in [0.1, 0.15) is 31.1 Å². The zero-order valence-corrected chi connectivity index (χ0v) is 13.6. The van der Waals surface area contributed by atoms with Crippen molar-refractivity contribution < 1.29 is 23.6 Å². The Morgan fingerprint density at radius 1 is 1.17 bits per heavy atom. The van der Waals surface area contributed by atoms with Gasteiger partial charge in [0, 0.05) is 5.56 Å². The van der Waals surface area contributed by atoms with Gasteiger partial charge in [-0.25, -0.2) is 4.39 Å². The first-order chi connectivity index (χ1) is 10.9. The second-order valence-corrected chi connectivity index (χ2v) is 6.00. The molecule has 1 heterocycles. The number of nitrogens with one attached hydrogen (secondary N) is 3. The maximum atomic E-state index is 12.8. The van der Waals surface area contributed by atoms with E-state index in [4.69, 9.17) is 4.74 Å². The summed E-state index contributed by atoms with van der Waals surface area (Å²) in [5.41, 5.74) is 5.06. The van der Waals surface area contributed by atoms with Crippen molar-refractivity contribution in [3.8, 4) is 0 Å². The molecular formula is C16H23FN3O3+. The molecule has 2 rings (SSSR count). The van der Waals surface area contributed by atoms with E-state index in [9.17, 15) is 14.0 Å². The molecule has 0 spiro atoms. The summed E-state index contributed by atoms with van der Waals surface area (Å²) in [7, 11) is 0. The highest BCUT2D eigenvalue weighted by Gasteiger charge is 2.33. The Kier molecular flexibility index (Phi) is 5.68. The molecule has 6 nitrogen and oxygen atoms in total. The van der Waals surface area contributed by atoms with E-state index in [0.717, 1.165) is 18.0 Å². The minimum atomic E-state index is -0.482. The van der Waals surface area contributed by atoms with Gasteiger partial charge in [0.05, 0.1) is 0 Å². The van der Waals surface area contributed by atoms with Gasteiger partial charge in [-0.2, -0.15) is 0 Å². The molecule has 2 amide bonds. The predicted molar refractivity (Wildman–Crippen MR) is 82.2 cm³/mol. The Morgan fingerprint density at radius 2 is 1.74 bits per heavy atom. The molecule has 1 aromatic rings. The van der Waals surface area contributed by atoms with Gasteiger partial charge < -0.3 is 9.64 Å². The smallest absolute Gasteiger partial charge is 0.296 e. The average Bonchev–Trinajstić information content (AvgIpc) is 2.51. The molecule has 126 valence electrons. The molecule has 3 atom stereocenters. The van der Waals surface area contributed by atoms with Crippen LogP contribution in [0.3, 0.4) is 0 Å². The summed E-state index contributed by atoms with van der Waals surface area (Å²) in [5, 5.41) is 0. The monoisotopic (exact) mass is 324 g/mol. The van der Waals surface area contributed by atoms with Crippen LogP contribution in [0.15, 0.2) is 24.3 Å². The summed E-state index contributed by atoms with van der Waals surface area (Å²) in [4.78, 5) is 25.2. The van der Waals surface area contributed by atoms with Crippen molar-refractivity contribution in [1.29, 1.82) is 0 Å². The molecule has 0 radical (unpaired) electrons. The van der Waals surface area contributed by atoms with E-state index in [1.807, 2.05) is 20.8 Å². The van der Waals surface area contributed by atoms with Crippen molar-refractivity contribution in [2.45, 2.75) is 39.0 Å². The lowest BCUT2D eigenvalue weighted by Gasteiger charge is -2.35. The van der Waals surface area contributed by atoms with E-state index < -0.39 is 11.7 Å². The molecule has 1 aliphatic rings. The first kappa shape index (κ1) is 17.4. The van der Waals surface area contributed by atoms with Crippen LogP contribution in [-0.2, 0) is 9.53 Å². The number of morpholine rings is 1. The van der Waals surface area contributed by atoms with Crippen LogP contribution < -0.4 is 15.8 Å². The summed E-state index contributed by atoms with van der Waals surface area (Å²) in [6, 6.07) is 4.80. The molecule has 1 fully saturated rings. The molecule has 3 N–H and O–H groups in total. The number of hydrogen-bond donors (Lipinski definition) is 3. The zero-order valence-electron chi connectivity index (χ0n) is 13.6. The van der Waals surface area contributed by atoms with Crippen molar-refractivity contribution in [3.63, 3.8) is 0 Å². The summed E-state index contributed by atoms with van der Waals surface area (Å²) < 4.78 is 18.5. The standard InChI is InChI=1S/C16H22FN3O3/c1-10-8-20(9-11(2)23-10)12(3)15(21)18-19-16(22)13-4-6-14(17)7-5-13/h4-7,10-12H,8-9H2,1-3H3,(H,18,21)(H,19,22)/p+1/t10-,11-,12-/m0/s1. The lowest BCUT2D eigenvalue weighted by atomic mass is 10.1. The molecule has 0 unspecified atom stereocenters. The fourth-order valence-electron chi connectivity index (χ4n) is 2.75. The Hall–Kier alpha value is -1.99. The number of carbonyl (C=O) groups excluding carboxylic acids is 2. The van der Waals surface area contributed by atoms with Gasteiger partial charge in [-0.1, -0.05) is 0 Å². The molecule has 0 saturated carbocycles. The Morgan fingerprint density at radius 3 is 2.30 bits per heavy atom. The fourth-order valence-corrected chi connectivity index (χ4v) is 2.75. The topological polar surface area (TPSA) is 71.9 Å². The first-order valence-electron chi connectivity index (χ1n) is 7.72. The van der Waals surface area contributed by atoms with Gasteiger partial charge in [0.2, 0.25) is 0 Å². The predicted octanol–water partition coefficient (Wildman–Crippen LogP) is -0.333. The Bertz CT molecular complexity index is 554. The molecule has 1 aliphatic heterocycles. The minimum Gasteiger partial charge on any atom is -0.364 e. The lowest BCUT2D eigenvalue weighted by Crippen LogP contribution is -3.19. The summed E-state index contributed by atoms with van der Waals surface area (Å²) in [6.07, 6.45) is 0.190. The normalized spacial score (nSPS) is 25.5. The number of hydrazine groups is 1. The van der Waals surface area contributed by atoms with Crippen molar-refractivity contribution >= 4 is 11.8 Å². The van der Waals surface area contributed by atoms with E-state index in [-0.39, 0.29) is 29.7 Å². The van der Waals surface area contributed by atoms with Crippen LogP contribution in [0.25, 0.3) is 0 Å². The second-order valence-electron chi connectivity index (χ2n) is 6.00. The summed E-state index contributed by atoms with van der Waals surface area (Å²) >= 11 is 0. The van der Waals surface area contributed by atoms with Gasteiger partial charge in [-0.05, 0) is 45.0 Å². The molecule has 0 aromatic heterocycles. The summed E-state index contributed by atoms with van der Waals surface area (Å²) in [5.74, 6) is -1.17. The number of halogens is 1. The van der Waals surface area contributed by atoms with Gasteiger partial charge in [0.25, 0.3) is 11.8 Å². The lowest BCUT2D eigenvalue weighted by molar-refractivity contribution is -0.928. The van der Waals surface area contributed by atoms with Crippen LogP contribution in [0.5, 0.6) is 0 Å². The number of rotatable bonds is 3. The highest BCUT2D eigenvalue weighted by molar-refractivity contribution is 5.95. The van der Waals surface area contributed by atoms with Crippen LogP contribution >= 0.6 is 0 Å². The Labute approximate surface area is 135 Å². The molecule has 7 heteroatoms. The fraction of sp³-hybridized carbons (Fsp3) is 0.500. The SMILES string of the molecule is C[C@H]1C[NH+]([C@@H](C)C(=O)NNC(=O)c2ccc(F)cc2)C[C@H](C)O1. The highest BCUT2D eigenvalue weighted by atomic mass is 19.1. The third-order valence-electron chi connectivity index (χ3n) is 3.98. The molecule has 1 aromatic carbocycles. The molecule has 0 aliphatic carbocycles. The van der Waals surface area contributed by atoms with Crippen molar-refractivity contribution in [1.82, 2.24) is 10.9 Å². The zero-order chi connectivity index (χ0) is 17.0. The molecular weight excluding hydrogens is 301 g/mol.